The molecule has 6 heteroatoms. The monoisotopic (exact) mass is 430 g/mol. The third-order valence-corrected chi connectivity index (χ3v) is 4.41. The Bertz CT molecular complexity index is 1030. The second kappa shape index (κ2) is 12.0. The molecule has 0 aromatic heterocycles. The fraction of sp³-hybridized carbons (Fsp3) is 0.154. The number of ether oxygens (including phenoxy) is 3. The highest BCUT2D eigenvalue weighted by atomic mass is 16.5. The van der Waals surface area contributed by atoms with Crippen molar-refractivity contribution in [3.63, 3.8) is 0 Å². The number of carbonyl (C=O) groups is 1. The van der Waals surface area contributed by atoms with Crippen LogP contribution in [0.3, 0.4) is 0 Å². The fourth-order valence-electron chi connectivity index (χ4n) is 2.74. The Hall–Kier alpha value is -4.06. The molecule has 6 nitrogen and oxygen atoms in total. The van der Waals surface area contributed by atoms with Gasteiger partial charge in [0.1, 0.15) is 30.5 Å². The summed E-state index contributed by atoms with van der Waals surface area (Å²) < 4.78 is 17.0. The maximum atomic E-state index is 12.3. The zero-order valence-corrected chi connectivity index (χ0v) is 17.9. The summed E-state index contributed by atoms with van der Waals surface area (Å²) in [5.41, 5.74) is 4.33. The van der Waals surface area contributed by atoms with Crippen LogP contribution in [0.2, 0.25) is 0 Å². The van der Waals surface area contributed by atoms with E-state index in [4.69, 9.17) is 14.2 Å². The van der Waals surface area contributed by atoms with Crippen LogP contribution in [-0.2, 0) is 11.4 Å². The molecule has 3 rings (SSSR count). The van der Waals surface area contributed by atoms with E-state index in [2.05, 4.69) is 17.1 Å². The first kappa shape index (κ1) is 22.6. The van der Waals surface area contributed by atoms with Crippen LogP contribution in [0.1, 0.15) is 18.1 Å². The van der Waals surface area contributed by atoms with Gasteiger partial charge >= 0.3 is 0 Å². The molecule has 0 aliphatic heterocycles. The molecule has 0 unspecified atom stereocenters. The number of benzene rings is 3. The lowest BCUT2D eigenvalue weighted by molar-refractivity contribution is -0.127. The number of nitrogens with one attached hydrogen (secondary N) is 1. The first-order valence-electron chi connectivity index (χ1n) is 10.2. The van der Waals surface area contributed by atoms with Gasteiger partial charge in [-0.3, -0.25) is 4.79 Å². The van der Waals surface area contributed by atoms with Crippen LogP contribution >= 0.6 is 0 Å². The lowest BCUT2D eigenvalue weighted by Gasteiger charge is -2.13. The van der Waals surface area contributed by atoms with Crippen molar-refractivity contribution in [1.29, 1.82) is 0 Å². The summed E-state index contributed by atoms with van der Waals surface area (Å²) in [7, 11) is 0. The summed E-state index contributed by atoms with van der Waals surface area (Å²) in [6.45, 7) is 6.17. The van der Waals surface area contributed by atoms with E-state index >= 15 is 0 Å². The molecule has 0 saturated carbocycles. The number of hydrogen-bond acceptors (Lipinski definition) is 5. The van der Waals surface area contributed by atoms with Crippen molar-refractivity contribution in [2.24, 2.45) is 5.10 Å². The van der Waals surface area contributed by atoms with Gasteiger partial charge in [0.2, 0.25) is 0 Å². The lowest BCUT2D eigenvalue weighted by Crippen LogP contribution is -2.33. The molecule has 0 spiro atoms. The summed E-state index contributed by atoms with van der Waals surface area (Å²) in [5.74, 6) is 1.58. The smallest absolute Gasteiger partial charge is 0.280 e. The van der Waals surface area contributed by atoms with Gasteiger partial charge in [-0.1, -0.05) is 55.1 Å². The van der Waals surface area contributed by atoms with Crippen LogP contribution in [0.25, 0.3) is 0 Å². The van der Waals surface area contributed by atoms with Gasteiger partial charge in [0.15, 0.2) is 6.10 Å². The van der Waals surface area contributed by atoms with E-state index in [9.17, 15) is 4.79 Å². The summed E-state index contributed by atoms with van der Waals surface area (Å²) >= 11 is 0. The third-order valence-electron chi connectivity index (χ3n) is 4.41. The molecule has 0 fully saturated rings. The highest BCUT2D eigenvalue weighted by Crippen LogP contribution is 2.20. The van der Waals surface area contributed by atoms with Crippen molar-refractivity contribution < 1.29 is 19.0 Å². The normalized spacial score (nSPS) is 11.5. The molecule has 0 saturated heterocycles. The van der Waals surface area contributed by atoms with Crippen molar-refractivity contribution in [3.05, 3.63) is 103 Å². The first-order valence-corrected chi connectivity index (χ1v) is 10.2. The number of hydrogen-bond donors (Lipinski definition) is 1. The molecule has 0 heterocycles. The number of amides is 1. The second-order valence-corrected chi connectivity index (χ2v) is 6.88. The van der Waals surface area contributed by atoms with Crippen molar-refractivity contribution in [1.82, 2.24) is 5.43 Å². The Morgan fingerprint density at radius 3 is 2.41 bits per heavy atom. The van der Waals surface area contributed by atoms with E-state index in [0.717, 1.165) is 16.9 Å². The number of hydrazone groups is 1. The van der Waals surface area contributed by atoms with Crippen LogP contribution in [0.15, 0.2) is 96.6 Å². The van der Waals surface area contributed by atoms with Gasteiger partial charge in [-0.15, -0.1) is 0 Å². The van der Waals surface area contributed by atoms with E-state index < -0.39 is 6.10 Å². The minimum absolute atomic E-state index is 0.366. The minimum Gasteiger partial charge on any atom is -0.489 e. The molecule has 0 radical (unpaired) electrons. The fourth-order valence-corrected chi connectivity index (χ4v) is 2.74. The number of rotatable bonds is 11. The van der Waals surface area contributed by atoms with Crippen LogP contribution in [0, 0.1) is 0 Å². The van der Waals surface area contributed by atoms with E-state index in [-0.39, 0.29) is 5.91 Å². The Morgan fingerprint density at radius 1 is 0.969 bits per heavy atom. The quantitative estimate of drug-likeness (QED) is 0.271. The maximum absolute atomic E-state index is 12.3. The molecule has 0 aliphatic rings. The second-order valence-electron chi connectivity index (χ2n) is 6.88. The van der Waals surface area contributed by atoms with Crippen LogP contribution in [0.5, 0.6) is 17.2 Å². The molecule has 3 aromatic carbocycles. The van der Waals surface area contributed by atoms with Crippen LogP contribution < -0.4 is 19.6 Å². The van der Waals surface area contributed by atoms with E-state index in [0.29, 0.717) is 24.7 Å². The Balaban J connectivity index is 1.48. The summed E-state index contributed by atoms with van der Waals surface area (Å²) in [5, 5.41) is 4.01. The number of nitrogens with zero attached hydrogens (tertiary/aromatic N) is 1. The topological polar surface area (TPSA) is 69.2 Å². The van der Waals surface area contributed by atoms with Gasteiger partial charge in [-0.25, -0.2) is 5.43 Å². The minimum atomic E-state index is -0.726. The number of para-hydroxylation sites is 1. The largest absolute Gasteiger partial charge is 0.489 e. The summed E-state index contributed by atoms with van der Waals surface area (Å²) in [4.78, 5) is 12.3. The molecule has 1 atom stereocenters. The third kappa shape index (κ3) is 7.02. The molecular formula is C26H26N2O4. The average molecular weight is 431 g/mol. The molecular weight excluding hydrogens is 404 g/mol. The molecule has 1 amide bonds. The van der Waals surface area contributed by atoms with Crippen LogP contribution in [-0.4, -0.2) is 24.8 Å². The van der Waals surface area contributed by atoms with Crippen molar-refractivity contribution in [3.8, 4) is 17.2 Å². The van der Waals surface area contributed by atoms with E-state index in [1.165, 1.54) is 6.21 Å². The molecule has 32 heavy (non-hydrogen) atoms. The summed E-state index contributed by atoms with van der Waals surface area (Å²) in [6, 6.07) is 24.5. The van der Waals surface area contributed by atoms with Gasteiger partial charge in [0, 0.05) is 5.56 Å². The maximum Gasteiger partial charge on any atom is 0.280 e. The van der Waals surface area contributed by atoms with Gasteiger partial charge in [-0.05, 0) is 48.9 Å². The van der Waals surface area contributed by atoms with E-state index in [1.807, 2.05) is 54.6 Å². The van der Waals surface area contributed by atoms with Crippen molar-refractivity contribution in [2.45, 2.75) is 19.6 Å². The predicted octanol–water partition coefficient (Wildman–Crippen LogP) is 4.75. The Kier molecular flexibility index (Phi) is 8.45. The molecule has 0 bridgehead atoms. The highest BCUT2D eigenvalue weighted by molar-refractivity contribution is 5.86. The average Bonchev–Trinajstić information content (AvgIpc) is 2.83. The van der Waals surface area contributed by atoms with Gasteiger partial charge < -0.3 is 14.2 Å². The van der Waals surface area contributed by atoms with Crippen molar-refractivity contribution in [2.75, 3.05) is 6.61 Å². The van der Waals surface area contributed by atoms with Gasteiger partial charge in [0.25, 0.3) is 5.91 Å². The highest BCUT2D eigenvalue weighted by Gasteiger charge is 2.14. The van der Waals surface area contributed by atoms with Crippen LogP contribution in [0.4, 0.5) is 0 Å². The standard InChI is InChI=1S/C26H26N2O4/c1-3-17-30-25-12-8-7-11-22(25)18-27-28-26(29)20(2)32-24-15-13-23(14-16-24)31-19-21-9-5-4-6-10-21/h3-16,18,20H,1,17,19H2,2H3,(H,28,29)/b27-18-/t20-/m1/s1. The first-order chi connectivity index (χ1) is 15.7. The zero-order valence-electron chi connectivity index (χ0n) is 17.9. The molecule has 3 aromatic rings. The SMILES string of the molecule is C=CCOc1ccccc1/C=N\NC(=O)[C@@H](C)Oc1ccc(OCc2ccccc2)cc1. The van der Waals surface area contributed by atoms with E-state index in [1.54, 1.807) is 37.3 Å². The zero-order chi connectivity index (χ0) is 22.6. The molecule has 164 valence electrons. The Labute approximate surface area is 188 Å². The van der Waals surface area contributed by atoms with Gasteiger partial charge in [0.05, 0.1) is 6.21 Å². The lowest BCUT2D eigenvalue weighted by atomic mass is 10.2. The Morgan fingerprint density at radius 2 is 1.66 bits per heavy atom. The van der Waals surface area contributed by atoms with Gasteiger partial charge in [-0.2, -0.15) is 5.10 Å². The van der Waals surface area contributed by atoms with Crippen molar-refractivity contribution >= 4 is 12.1 Å². The molecule has 0 aliphatic carbocycles. The molecule has 1 N–H and O–H groups in total. The summed E-state index contributed by atoms with van der Waals surface area (Å²) in [6.07, 6.45) is 2.47. The number of carbonyl (C=O) groups excluding carboxylic acids is 1. The predicted molar refractivity (Wildman–Crippen MR) is 125 cm³/mol.